The molecule has 0 spiro atoms. The highest BCUT2D eigenvalue weighted by molar-refractivity contribution is 7.22. The Bertz CT molecular complexity index is 1230. The molecule has 0 unspecified atom stereocenters. The number of ether oxygens (including phenoxy) is 3. The Morgan fingerprint density at radius 1 is 1.03 bits per heavy atom. The molecule has 2 heterocycles. The van der Waals surface area contributed by atoms with E-state index >= 15 is 0 Å². The normalized spacial score (nSPS) is 10.7. The fourth-order valence-corrected chi connectivity index (χ4v) is 4.26. The third-order valence-corrected chi connectivity index (χ3v) is 5.85. The molecule has 0 saturated carbocycles. The van der Waals surface area contributed by atoms with Crippen LogP contribution >= 0.6 is 11.3 Å². The quantitative estimate of drug-likeness (QED) is 0.379. The third-order valence-electron chi connectivity index (χ3n) is 4.81. The molecule has 164 valence electrons. The van der Waals surface area contributed by atoms with Gasteiger partial charge in [0.25, 0.3) is 5.91 Å². The summed E-state index contributed by atoms with van der Waals surface area (Å²) < 4.78 is 17.2. The second-order valence-corrected chi connectivity index (χ2v) is 7.85. The summed E-state index contributed by atoms with van der Waals surface area (Å²) in [6.07, 6.45) is 1.71. The Hall–Kier alpha value is -3.65. The molecular weight excluding hydrogens is 426 g/mol. The molecule has 32 heavy (non-hydrogen) atoms. The molecule has 4 rings (SSSR count). The minimum atomic E-state index is -0.208. The van der Waals surface area contributed by atoms with E-state index in [0.717, 1.165) is 21.7 Å². The van der Waals surface area contributed by atoms with E-state index in [0.29, 0.717) is 28.8 Å². The maximum absolute atomic E-state index is 13.6. The van der Waals surface area contributed by atoms with Crippen LogP contribution in [0.3, 0.4) is 0 Å². The predicted molar refractivity (Wildman–Crippen MR) is 125 cm³/mol. The van der Waals surface area contributed by atoms with Gasteiger partial charge in [0.1, 0.15) is 5.75 Å². The van der Waals surface area contributed by atoms with Gasteiger partial charge in [-0.25, -0.2) is 4.98 Å². The van der Waals surface area contributed by atoms with Gasteiger partial charge >= 0.3 is 0 Å². The maximum Gasteiger partial charge on any atom is 0.260 e. The Morgan fingerprint density at radius 3 is 2.59 bits per heavy atom. The van der Waals surface area contributed by atoms with Gasteiger partial charge in [-0.05, 0) is 55.5 Å². The number of carbonyl (C=O) groups excluding carboxylic acids is 1. The number of nitrogens with zero attached hydrogens (tertiary/aromatic N) is 3. The summed E-state index contributed by atoms with van der Waals surface area (Å²) in [5.41, 5.74) is 2.03. The Morgan fingerprint density at radius 2 is 1.88 bits per heavy atom. The zero-order valence-corrected chi connectivity index (χ0v) is 18.9. The highest BCUT2D eigenvalue weighted by atomic mass is 32.1. The van der Waals surface area contributed by atoms with E-state index in [1.54, 1.807) is 43.5 Å². The zero-order valence-electron chi connectivity index (χ0n) is 18.1. The standard InChI is InChI=1S/C24H23N3O4S/c1-4-31-18-9-10-19-22(14-18)32-24(26-19)27(15-17-7-5-6-12-25-17)23(28)16-8-11-20(29-2)21(13-16)30-3/h5-14H,4,15H2,1-3H3. The molecule has 0 aliphatic heterocycles. The lowest BCUT2D eigenvalue weighted by Gasteiger charge is -2.20. The van der Waals surface area contributed by atoms with Crippen LogP contribution in [0, 0.1) is 0 Å². The van der Waals surface area contributed by atoms with Crippen LogP contribution in [-0.2, 0) is 6.54 Å². The van der Waals surface area contributed by atoms with Crippen molar-refractivity contribution < 1.29 is 19.0 Å². The highest BCUT2D eigenvalue weighted by Crippen LogP contribution is 2.34. The monoisotopic (exact) mass is 449 g/mol. The van der Waals surface area contributed by atoms with Crippen molar-refractivity contribution in [3.63, 3.8) is 0 Å². The van der Waals surface area contributed by atoms with Crippen molar-refractivity contribution >= 4 is 32.6 Å². The largest absolute Gasteiger partial charge is 0.494 e. The summed E-state index contributed by atoms with van der Waals surface area (Å²) in [5.74, 6) is 1.61. The van der Waals surface area contributed by atoms with E-state index in [9.17, 15) is 4.79 Å². The molecule has 0 bridgehead atoms. The molecule has 8 heteroatoms. The van der Waals surface area contributed by atoms with Crippen LogP contribution in [0.4, 0.5) is 5.13 Å². The van der Waals surface area contributed by atoms with Gasteiger partial charge in [-0.15, -0.1) is 0 Å². The number of hydrogen-bond donors (Lipinski definition) is 0. The second-order valence-electron chi connectivity index (χ2n) is 6.84. The molecule has 0 fully saturated rings. The first-order chi connectivity index (χ1) is 15.6. The van der Waals surface area contributed by atoms with E-state index in [2.05, 4.69) is 4.98 Å². The predicted octanol–water partition coefficient (Wildman–Crippen LogP) is 4.95. The number of carbonyl (C=O) groups is 1. The summed E-state index contributed by atoms with van der Waals surface area (Å²) in [6, 6.07) is 16.5. The van der Waals surface area contributed by atoms with Gasteiger partial charge < -0.3 is 14.2 Å². The van der Waals surface area contributed by atoms with Gasteiger partial charge in [0, 0.05) is 11.8 Å². The van der Waals surface area contributed by atoms with Gasteiger partial charge in [0.2, 0.25) is 0 Å². The van der Waals surface area contributed by atoms with Gasteiger partial charge in [-0.3, -0.25) is 14.7 Å². The summed E-state index contributed by atoms with van der Waals surface area (Å²) in [5, 5.41) is 0.582. The molecule has 0 radical (unpaired) electrons. The van der Waals surface area contributed by atoms with Crippen molar-refractivity contribution in [3.8, 4) is 17.2 Å². The summed E-state index contributed by atoms with van der Waals surface area (Å²) in [7, 11) is 3.10. The van der Waals surface area contributed by atoms with Crippen molar-refractivity contribution in [1.82, 2.24) is 9.97 Å². The van der Waals surface area contributed by atoms with Crippen LogP contribution < -0.4 is 19.1 Å². The maximum atomic E-state index is 13.6. The average molecular weight is 450 g/mol. The number of aromatic nitrogens is 2. The molecule has 2 aromatic heterocycles. The van der Waals surface area contributed by atoms with Gasteiger partial charge in [-0.2, -0.15) is 0 Å². The number of hydrogen-bond acceptors (Lipinski definition) is 7. The molecule has 7 nitrogen and oxygen atoms in total. The van der Waals surface area contributed by atoms with E-state index < -0.39 is 0 Å². The minimum Gasteiger partial charge on any atom is -0.494 e. The van der Waals surface area contributed by atoms with E-state index in [4.69, 9.17) is 19.2 Å². The van der Waals surface area contributed by atoms with Crippen LogP contribution in [0.1, 0.15) is 23.0 Å². The third kappa shape index (κ3) is 4.50. The topological polar surface area (TPSA) is 73.8 Å². The van der Waals surface area contributed by atoms with Crippen molar-refractivity contribution in [2.24, 2.45) is 0 Å². The molecule has 1 amide bonds. The number of rotatable bonds is 8. The molecule has 0 saturated heterocycles. The Balaban J connectivity index is 1.75. The van der Waals surface area contributed by atoms with Crippen LogP contribution in [0.15, 0.2) is 60.8 Å². The highest BCUT2D eigenvalue weighted by Gasteiger charge is 2.23. The summed E-state index contributed by atoms with van der Waals surface area (Å²) in [6.45, 7) is 2.81. The smallest absolute Gasteiger partial charge is 0.260 e. The number of fused-ring (bicyclic) bond motifs is 1. The Labute approximate surface area is 190 Å². The minimum absolute atomic E-state index is 0.208. The van der Waals surface area contributed by atoms with Gasteiger partial charge in [0.15, 0.2) is 16.6 Å². The lowest BCUT2D eigenvalue weighted by Crippen LogP contribution is -2.30. The molecule has 2 aromatic carbocycles. The fraction of sp³-hybridized carbons (Fsp3) is 0.208. The van der Waals surface area contributed by atoms with Crippen molar-refractivity contribution in [2.45, 2.75) is 13.5 Å². The van der Waals surface area contributed by atoms with E-state index in [1.807, 2.05) is 43.3 Å². The molecule has 0 N–H and O–H groups in total. The molecular formula is C24H23N3O4S. The van der Waals surface area contributed by atoms with E-state index in [-0.39, 0.29) is 12.5 Å². The second kappa shape index (κ2) is 9.65. The fourth-order valence-electron chi connectivity index (χ4n) is 3.27. The zero-order chi connectivity index (χ0) is 22.5. The number of thiazole rings is 1. The first kappa shape index (κ1) is 21.6. The molecule has 0 aliphatic rings. The van der Waals surface area contributed by atoms with E-state index in [1.165, 1.54) is 11.3 Å². The lowest BCUT2D eigenvalue weighted by atomic mass is 10.1. The first-order valence-electron chi connectivity index (χ1n) is 10.1. The van der Waals surface area contributed by atoms with Crippen LogP contribution in [0.2, 0.25) is 0 Å². The van der Waals surface area contributed by atoms with Crippen molar-refractivity contribution in [3.05, 3.63) is 72.1 Å². The van der Waals surface area contributed by atoms with Crippen molar-refractivity contribution in [1.29, 1.82) is 0 Å². The Kier molecular flexibility index (Phi) is 6.51. The van der Waals surface area contributed by atoms with Crippen LogP contribution in [0.5, 0.6) is 17.2 Å². The molecule has 0 atom stereocenters. The van der Waals surface area contributed by atoms with Gasteiger partial charge in [0.05, 0.1) is 43.3 Å². The number of pyridine rings is 1. The average Bonchev–Trinajstić information content (AvgIpc) is 3.25. The summed E-state index contributed by atoms with van der Waals surface area (Å²) >= 11 is 1.44. The van der Waals surface area contributed by atoms with Crippen LogP contribution in [-0.4, -0.2) is 36.7 Å². The number of amides is 1. The van der Waals surface area contributed by atoms with Gasteiger partial charge in [-0.1, -0.05) is 17.4 Å². The molecule has 0 aliphatic carbocycles. The lowest BCUT2D eigenvalue weighted by molar-refractivity contribution is 0.0984. The number of anilines is 1. The SMILES string of the molecule is CCOc1ccc2nc(N(Cc3ccccn3)C(=O)c3ccc(OC)c(OC)c3)sc2c1. The first-order valence-corrected chi connectivity index (χ1v) is 10.9. The number of methoxy groups -OCH3 is 2. The van der Waals surface area contributed by atoms with Crippen molar-refractivity contribution in [2.75, 3.05) is 25.7 Å². The molecule has 4 aromatic rings. The number of benzene rings is 2. The van der Waals surface area contributed by atoms with Crippen LogP contribution in [0.25, 0.3) is 10.2 Å². The summed E-state index contributed by atoms with van der Waals surface area (Å²) in [4.78, 5) is 24.4.